The third-order valence-corrected chi connectivity index (χ3v) is 6.21. The number of hydrogen-bond acceptors (Lipinski definition) is 4. The van der Waals surface area contributed by atoms with Crippen LogP contribution in [0, 0.1) is 0 Å². The van der Waals surface area contributed by atoms with Crippen molar-refractivity contribution in [2.24, 2.45) is 5.73 Å². The van der Waals surface area contributed by atoms with E-state index < -0.39 is 0 Å². The predicted octanol–water partition coefficient (Wildman–Crippen LogP) is 1.19. The van der Waals surface area contributed by atoms with Crippen LogP contribution in [0.1, 0.15) is 45.4 Å². The number of rotatable bonds is 3. The van der Waals surface area contributed by atoms with Crippen molar-refractivity contribution >= 4 is 0 Å². The summed E-state index contributed by atoms with van der Waals surface area (Å²) in [6, 6.07) is 2.20. The Morgan fingerprint density at radius 2 is 2.10 bits per heavy atom. The highest BCUT2D eigenvalue weighted by Crippen LogP contribution is 2.43. The molecule has 0 spiro atoms. The van der Waals surface area contributed by atoms with Crippen LogP contribution in [-0.4, -0.2) is 65.8 Å². The lowest BCUT2D eigenvalue weighted by atomic mass is 9.90. The molecule has 2 aliphatic carbocycles. The number of ether oxygens (including phenoxy) is 1. The van der Waals surface area contributed by atoms with Gasteiger partial charge in [0.2, 0.25) is 0 Å². The van der Waals surface area contributed by atoms with E-state index in [1.54, 1.807) is 0 Å². The van der Waals surface area contributed by atoms with Crippen LogP contribution in [0.4, 0.5) is 0 Å². The average Bonchev–Trinajstić information content (AvgIpc) is 3.08. The Balaban J connectivity index is 1.57. The molecule has 2 saturated heterocycles. The largest absolute Gasteiger partial charge is 0.375 e. The zero-order valence-corrected chi connectivity index (χ0v) is 12.8. The minimum absolute atomic E-state index is 0.221. The molecule has 2 heterocycles. The van der Waals surface area contributed by atoms with Crippen LogP contribution < -0.4 is 5.73 Å². The fourth-order valence-corrected chi connectivity index (χ4v) is 5.11. The number of hydrogen-bond donors (Lipinski definition) is 1. The maximum atomic E-state index is 6.32. The van der Waals surface area contributed by atoms with Gasteiger partial charge in [-0.1, -0.05) is 0 Å². The van der Waals surface area contributed by atoms with Crippen molar-refractivity contribution in [3.05, 3.63) is 0 Å². The normalized spacial score (nSPS) is 46.8. The van der Waals surface area contributed by atoms with Crippen molar-refractivity contribution in [1.82, 2.24) is 9.80 Å². The van der Waals surface area contributed by atoms with Gasteiger partial charge in [-0.2, -0.15) is 0 Å². The van der Waals surface area contributed by atoms with E-state index in [1.165, 1.54) is 45.1 Å². The second kappa shape index (κ2) is 4.94. The van der Waals surface area contributed by atoms with E-state index in [0.717, 1.165) is 25.7 Å². The molecule has 2 N–H and O–H groups in total. The first-order chi connectivity index (χ1) is 9.73. The lowest BCUT2D eigenvalue weighted by Gasteiger charge is -2.48. The monoisotopic (exact) mass is 279 g/mol. The van der Waals surface area contributed by atoms with Crippen molar-refractivity contribution < 1.29 is 4.74 Å². The maximum absolute atomic E-state index is 6.32. The Bertz CT molecular complexity index is 373. The lowest BCUT2D eigenvalue weighted by molar-refractivity contribution is -0.0950. The van der Waals surface area contributed by atoms with E-state index in [4.69, 9.17) is 10.5 Å². The minimum atomic E-state index is 0.221. The first kappa shape index (κ1) is 13.5. The molecule has 0 aromatic rings. The average molecular weight is 279 g/mol. The molecule has 4 rings (SSSR count). The first-order valence-corrected chi connectivity index (χ1v) is 8.58. The summed E-state index contributed by atoms with van der Waals surface area (Å²) in [7, 11) is 0. The van der Waals surface area contributed by atoms with Gasteiger partial charge in [-0.25, -0.2) is 0 Å². The fourth-order valence-electron chi connectivity index (χ4n) is 5.11. The third kappa shape index (κ3) is 2.04. The molecular formula is C16H29N3O. The standard InChI is InChI=1S/C16H29N3O/c1-12-9-16(10-17,11-18(12)13-5-6-13)19-7-8-20-15-4-2-3-14(15)19/h12-15H,2-11,17H2,1H3. The van der Waals surface area contributed by atoms with Crippen LogP contribution in [-0.2, 0) is 4.74 Å². The molecule has 0 bridgehead atoms. The Hall–Kier alpha value is -0.160. The number of fused-ring (bicyclic) bond motifs is 1. The van der Waals surface area contributed by atoms with E-state index in [9.17, 15) is 0 Å². The Morgan fingerprint density at radius 3 is 2.85 bits per heavy atom. The van der Waals surface area contributed by atoms with Crippen LogP contribution in [0.25, 0.3) is 0 Å². The number of nitrogens with zero attached hydrogens (tertiary/aromatic N) is 2. The molecule has 4 nitrogen and oxygen atoms in total. The van der Waals surface area contributed by atoms with Crippen LogP contribution in [0.15, 0.2) is 0 Å². The number of morpholine rings is 1. The van der Waals surface area contributed by atoms with Crippen molar-refractivity contribution in [3.8, 4) is 0 Å². The second-order valence-corrected chi connectivity index (χ2v) is 7.49. The maximum Gasteiger partial charge on any atom is 0.0731 e. The summed E-state index contributed by atoms with van der Waals surface area (Å²) in [5, 5.41) is 0. The summed E-state index contributed by atoms with van der Waals surface area (Å²) < 4.78 is 6.00. The van der Waals surface area contributed by atoms with E-state index in [1.807, 2.05) is 0 Å². The SMILES string of the molecule is CC1CC(CN)(N2CCOC3CCCC32)CN1C1CC1. The third-order valence-electron chi connectivity index (χ3n) is 6.21. The van der Waals surface area contributed by atoms with Gasteiger partial charge in [0.1, 0.15) is 0 Å². The molecule has 0 aromatic heterocycles. The smallest absolute Gasteiger partial charge is 0.0731 e. The first-order valence-electron chi connectivity index (χ1n) is 8.58. The van der Waals surface area contributed by atoms with E-state index in [2.05, 4.69) is 16.7 Å². The highest BCUT2D eigenvalue weighted by Gasteiger charge is 2.53. The Morgan fingerprint density at radius 1 is 1.25 bits per heavy atom. The van der Waals surface area contributed by atoms with Crippen LogP contribution in [0.3, 0.4) is 0 Å². The quantitative estimate of drug-likeness (QED) is 0.843. The topological polar surface area (TPSA) is 41.7 Å². The summed E-state index contributed by atoms with van der Waals surface area (Å²) in [5.74, 6) is 0. The van der Waals surface area contributed by atoms with Gasteiger partial charge in [0, 0.05) is 43.3 Å². The van der Waals surface area contributed by atoms with Gasteiger partial charge in [0.25, 0.3) is 0 Å². The molecule has 4 heteroatoms. The van der Waals surface area contributed by atoms with Gasteiger partial charge < -0.3 is 10.5 Å². The molecule has 20 heavy (non-hydrogen) atoms. The van der Waals surface area contributed by atoms with Crippen LogP contribution in [0.5, 0.6) is 0 Å². The summed E-state index contributed by atoms with van der Waals surface area (Å²) in [6.45, 7) is 6.40. The van der Waals surface area contributed by atoms with Crippen LogP contribution in [0.2, 0.25) is 0 Å². The summed E-state index contributed by atoms with van der Waals surface area (Å²) in [5.41, 5.74) is 6.54. The van der Waals surface area contributed by atoms with Crippen LogP contribution >= 0.6 is 0 Å². The number of likely N-dealkylation sites (tertiary alicyclic amines) is 1. The van der Waals surface area contributed by atoms with E-state index >= 15 is 0 Å². The van der Waals surface area contributed by atoms with Crippen molar-refractivity contribution in [3.63, 3.8) is 0 Å². The molecular weight excluding hydrogens is 250 g/mol. The molecule has 4 aliphatic rings. The van der Waals surface area contributed by atoms with Gasteiger partial charge >= 0.3 is 0 Å². The highest BCUT2D eigenvalue weighted by molar-refractivity contribution is 5.10. The molecule has 4 fully saturated rings. The summed E-state index contributed by atoms with van der Waals surface area (Å²) >= 11 is 0. The van der Waals surface area contributed by atoms with Gasteiger partial charge in [-0.15, -0.1) is 0 Å². The zero-order chi connectivity index (χ0) is 13.7. The van der Waals surface area contributed by atoms with E-state index in [-0.39, 0.29) is 5.54 Å². The minimum Gasteiger partial charge on any atom is -0.375 e. The van der Waals surface area contributed by atoms with Gasteiger partial charge in [0.05, 0.1) is 12.7 Å². The molecule has 0 aromatic carbocycles. The molecule has 4 atom stereocenters. The summed E-state index contributed by atoms with van der Waals surface area (Å²) in [6.07, 6.45) is 8.43. The second-order valence-electron chi connectivity index (χ2n) is 7.49. The Kier molecular flexibility index (Phi) is 3.33. The van der Waals surface area contributed by atoms with Crippen molar-refractivity contribution in [1.29, 1.82) is 0 Å². The number of nitrogens with two attached hydrogens (primary N) is 1. The molecule has 114 valence electrons. The summed E-state index contributed by atoms with van der Waals surface area (Å²) in [4.78, 5) is 5.51. The highest BCUT2D eigenvalue weighted by atomic mass is 16.5. The van der Waals surface area contributed by atoms with Crippen molar-refractivity contribution in [2.45, 2.75) is 75.2 Å². The Labute approximate surface area is 122 Å². The van der Waals surface area contributed by atoms with Gasteiger partial charge in [0.15, 0.2) is 0 Å². The molecule has 2 aliphatic heterocycles. The predicted molar refractivity (Wildman–Crippen MR) is 79.7 cm³/mol. The lowest BCUT2D eigenvalue weighted by Crippen LogP contribution is -2.64. The van der Waals surface area contributed by atoms with E-state index in [0.29, 0.717) is 18.2 Å². The van der Waals surface area contributed by atoms with Gasteiger partial charge in [-0.3, -0.25) is 9.80 Å². The zero-order valence-electron chi connectivity index (χ0n) is 12.8. The molecule has 4 unspecified atom stereocenters. The molecule has 0 amide bonds. The molecule has 2 saturated carbocycles. The van der Waals surface area contributed by atoms with Crippen molar-refractivity contribution in [2.75, 3.05) is 26.2 Å². The van der Waals surface area contributed by atoms with Gasteiger partial charge in [-0.05, 0) is 45.4 Å². The fraction of sp³-hybridized carbons (Fsp3) is 1.00. The molecule has 0 radical (unpaired) electrons.